The van der Waals surface area contributed by atoms with Gasteiger partial charge in [0.05, 0.1) is 17.1 Å². The van der Waals surface area contributed by atoms with Crippen LogP contribution in [0.1, 0.15) is 28.2 Å². The molecule has 122 valence electrons. The van der Waals surface area contributed by atoms with Gasteiger partial charge in [0.25, 0.3) is 5.91 Å². The molecule has 6 nitrogen and oxygen atoms in total. The lowest BCUT2D eigenvalue weighted by atomic mass is 10.2. The molecule has 0 aliphatic rings. The minimum absolute atomic E-state index is 0.0490. The first-order valence-corrected chi connectivity index (χ1v) is 8.33. The highest BCUT2D eigenvalue weighted by Gasteiger charge is 2.20. The van der Waals surface area contributed by atoms with Gasteiger partial charge in [0.1, 0.15) is 0 Å². The highest BCUT2D eigenvalue weighted by atomic mass is 32.1. The minimum atomic E-state index is -0.123. The summed E-state index contributed by atoms with van der Waals surface area (Å²) >= 11 is 1.53. The molecule has 24 heavy (non-hydrogen) atoms. The van der Waals surface area contributed by atoms with Gasteiger partial charge in [-0.1, -0.05) is 18.2 Å². The van der Waals surface area contributed by atoms with E-state index in [1.165, 1.54) is 23.7 Å². The second kappa shape index (κ2) is 7.18. The third kappa shape index (κ3) is 3.57. The van der Waals surface area contributed by atoms with Gasteiger partial charge in [0, 0.05) is 36.2 Å². The zero-order chi connectivity index (χ0) is 16.9. The van der Waals surface area contributed by atoms with Gasteiger partial charge in [-0.25, -0.2) is 9.97 Å². The molecule has 0 unspecified atom stereocenters. The predicted octanol–water partition coefficient (Wildman–Crippen LogP) is 3.51. The fraction of sp³-hybridized carbons (Fsp3) is 0.176. The van der Waals surface area contributed by atoms with Crippen molar-refractivity contribution < 1.29 is 4.79 Å². The summed E-state index contributed by atoms with van der Waals surface area (Å²) in [7, 11) is 1.77. The normalized spacial score (nSPS) is 11.8. The van der Waals surface area contributed by atoms with Crippen LogP contribution in [0.4, 0.5) is 11.6 Å². The Morgan fingerprint density at radius 3 is 2.50 bits per heavy atom. The van der Waals surface area contributed by atoms with E-state index in [1.807, 2.05) is 37.3 Å². The summed E-state index contributed by atoms with van der Waals surface area (Å²) in [5.41, 5.74) is 3.11. The number of rotatable bonds is 5. The Kier molecular flexibility index (Phi) is 4.81. The number of anilines is 2. The van der Waals surface area contributed by atoms with Gasteiger partial charge in [-0.2, -0.15) is 0 Å². The number of para-hydroxylation sites is 1. The Bertz CT molecular complexity index is 790. The van der Waals surface area contributed by atoms with Crippen LogP contribution in [-0.4, -0.2) is 32.8 Å². The van der Waals surface area contributed by atoms with E-state index in [-0.39, 0.29) is 11.9 Å². The number of aromatic nitrogens is 3. The molecule has 0 saturated heterocycles. The number of nitrogens with one attached hydrogen (secondary N) is 1. The molecule has 0 spiro atoms. The highest BCUT2D eigenvalue weighted by Crippen LogP contribution is 2.23. The summed E-state index contributed by atoms with van der Waals surface area (Å²) in [6, 6.07) is 9.59. The topological polar surface area (TPSA) is 71.0 Å². The van der Waals surface area contributed by atoms with Crippen molar-refractivity contribution in [2.75, 3.05) is 12.4 Å². The van der Waals surface area contributed by atoms with Crippen molar-refractivity contribution in [3.05, 3.63) is 64.9 Å². The van der Waals surface area contributed by atoms with Gasteiger partial charge in [0.2, 0.25) is 5.95 Å². The molecule has 3 rings (SSSR count). The first kappa shape index (κ1) is 16.1. The van der Waals surface area contributed by atoms with Crippen LogP contribution in [0.3, 0.4) is 0 Å². The van der Waals surface area contributed by atoms with Crippen LogP contribution in [0.15, 0.2) is 54.4 Å². The number of thiazole rings is 1. The zero-order valence-electron chi connectivity index (χ0n) is 13.4. The van der Waals surface area contributed by atoms with Gasteiger partial charge in [-0.15, -0.1) is 11.3 Å². The summed E-state index contributed by atoms with van der Waals surface area (Å²) in [5, 5.41) is 3.09. The van der Waals surface area contributed by atoms with Crippen molar-refractivity contribution in [3.8, 4) is 0 Å². The summed E-state index contributed by atoms with van der Waals surface area (Å²) in [5.74, 6) is 0.332. The Labute approximate surface area is 144 Å². The van der Waals surface area contributed by atoms with E-state index in [4.69, 9.17) is 0 Å². The molecule has 0 aliphatic heterocycles. The first-order chi connectivity index (χ1) is 11.6. The van der Waals surface area contributed by atoms with Crippen molar-refractivity contribution in [2.45, 2.75) is 13.0 Å². The monoisotopic (exact) mass is 339 g/mol. The summed E-state index contributed by atoms with van der Waals surface area (Å²) in [6.07, 6.45) is 4.86. The van der Waals surface area contributed by atoms with E-state index in [0.717, 1.165) is 10.6 Å². The highest BCUT2D eigenvalue weighted by molar-refractivity contribution is 7.09. The third-order valence-corrected chi connectivity index (χ3v) is 4.64. The van der Waals surface area contributed by atoms with Crippen molar-refractivity contribution in [2.24, 2.45) is 0 Å². The van der Waals surface area contributed by atoms with E-state index in [1.54, 1.807) is 23.7 Å². The average Bonchev–Trinajstić information content (AvgIpc) is 3.16. The van der Waals surface area contributed by atoms with E-state index in [2.05, 4.69) is 20.3 Å². The molecule has 0 fully saturated rings. The average molecular weight is 339 g/mol. The number of nitrogens with zero attached hydrogens (tertiary/aromatic N) is 4. The SMILES string of the molecule is C[C@@H](c1cncs1)N(C)C(=O)c1cnc(Nc2ccccc2)nc1. The van der Waals surface area contributed by atoms with Crippen LogP contribution < -0.4 is 5.32 Å². The Hall–Kier alpha value is -2.80. The maximum absolute atomic E-state index is 12.6. The fourth-order valence-electron chi connectivity index (χ4n) is 2.16. The summed E-state index contributed by atoms with van der Waals surface area (Å²) in [4.78, 5) is 27.8. The molecule has 0 radical (unpaired) electrons. The third-order valence-electron chi connectivity index (χ3n) is 3.69. The lowest BCUT2D eigenvalue weighted by molar-refractivity contribution is 0.0744. The van der Waals surface area contributed by atoms with Crippen LogP contribution in [-0.2, 0) is 0 Å². The Morgan fingerprint density at radius 2 is 1.88 bits per heavy atom. The molecule has 1 N–H and O–H groups in total. The lowest BCUT2D eigenvalue weighted by Gasteiger charge is -2.23. The quantitative estimate of drug-likeness (QED) is 0.770. The van der Waals surface area contributed by atoms with Crippen LogP contribution in [0.5, 0.6) is 0 Å². The van der Waals surface area contributed by atoms with E-state index in [0.29, 0.717) is 11.5 Å². The molecule has 0 saturated carbocycles. The zero-order valence-corrected chi connectivity index (χ0v) is 14.2. The number of amides is 1. The van der Waals surface area contributed by atoms with Crippen molar-refractivity contribution in [1.82, 2.24) is 19.9 Å². The van der Waals surface area contributed by atoms with E-state index >= 15 is 0 Å². The molecular formula is C17H17N5OS. The van der Waals surface area contributed by atoms with Gasteiger partial charge in [0.15, 0.2) is 0 Å². The molecule has 2 aromatic heterocycles. The molecule has 1 atom stereocenters. The van der Waals surface area contributed by atoms with Gasteiger partial charge < -0.3 is 10.2 Å². The number of hydrogen-bond acceptors (Lipinski definition) is 6. The Balaban J connectivity index is 1.69. The van der Waals surface area contributed by atoms with Crippen LogP contribution in [0.2, 0.25) is 0 Å². The van der Waals surface area contributed by atoms with E-state index in [9.17, 15) is 4.79 Å². The van der Waals surface area contributed by atoms with Crippen LogP contribution >= 0.6 is 11.3 Å². The van der Waals surface area contributed by atoms with Crippen LogP contribution in [0.25, 0.3) is 0 Å². The molecule has 3 aromatic rings. The van der Waals surface area contributed by atoms with Crippen molar-refractivity contribution in [3.63, 3.8) is 0 Å². The molecule has 0 bridgehead atoms. The minimum Gasteiger partial charge on any atom is -0.334 e. The predicted molar refractivity (Wildman–Crippen MR) is 94.4 cm³/mol. The molecule has 7 heteroatoms. The molecule has 0 aliphatic carbocycles. The number of carbonyl (C=O) groups excluding carboxylic acids is 1. The van der Waals surface area contributed by atoms with Gasteiger partial charge in [-0.05, 0) is 19.1 Å². The molecule has 2 heterocycles. The lowest BCUT2D eigenvalue weighted by Crippen LogP contribution is -2.29. The smallest absolute Gasteiger partial charge is 0.257 e. The molecule has 1 amide bonds. The molecule has 1 aromatic carbocycles. The van der Waals surface area contributed by atoms with Crippen molar-refractivity contribution >= 4 is 28.9 Å². The van der Waals surface area contributed by atoms with Crippen LogP contribution in [0, 0.1) is 0 Å². The van der Waals surface area contributed by atoms with Gasteiger partial charge >= 0.3 is 0 Å². The maximum atomic E-state index is 12.6. The largest absolute Gasteiger partial charge is 0.334 e. The van der Waals surface area contributed by atoms with Crippen molar-refractivity contribution in [1.29, 1.82) is 0 Å². The fourth-order valence-corrected chi connectivity index (χ4v) is 2.88. The Morgan fingerprint density at radius 1 is 1.17 bits per heavy atom. The summed E-state index contributed by atoms with van der Waals surface area (Å²) < 4.78 is 0. The maximum Gasteiger partial charge on any atom is 0.257 e. The number of hydrogen-bond donors (Lipinski definition) is 1. The molecular weight excluding hydrogens is 322 g/mol. The van der Waals surface area contributed by atoms with E-state index < -0.39 is 0 Å². The first-order valence-electron chi connectivity index (χ1n) is 7.45. The standard InChI is InChI=1S/C17H17N5OS/c1-12(15-10-18-11-24-15)22(2)16(23)13-8-19-17(20-9-13)21-14-6-4-3-5-7-14/h3-12H,1-2H3,(H,19,20,21)/t12-/m0/s1. The van der Waals surface area contributed by atoms with Gasteiger partial charge in [-0.3, -0.25) is 9.78 Å². The number of benzene rings is 1. The summed E-state index contributed by atoms with van der Waals surface area (Å²) in [6.45, 7) is 1.97. The number of carbonyl (C=O) groups is 1. The second-order valence-electron chi connectivity index (χ2n) is 5.28. The second-order valence-corrected chi connectivity index (χ2v) is 6.20.